The van der Waals surface area contributed by atoms with Gasteiger partial charge in [-0.2, -0.15) is 0 Å². The van der Waals surface area contributed by atoms with Crippen LogP contribution in [0.25, 0.3) is 0 Å². The van der Waals surface area contributed by atoms with Crippen molar-refractivity contribution in [2.24, 2.45) is 5.73 Å². The van der Waals surface area contributed by atoms with Crippen LogP contribution in [0.1, 0.15) is 25.3 Å². The highest BCUT2D eigenvalue weighted by atomic mass is 35.5. The van der Waals surface area contributed by atoms with E-state index < -0.39 is 0 Å². The van der Waals surface area contributed by atoms with E-state index >= 15 is 0 Å². The molecule has 110 valence electrons. The molecule has 5 nitrogen and oxygen atoms in total. The van der Waals surface area contributed by atoms with E-state index in [1.54, 1.807) is 0 Å². The van der Waals surface area contributed by atoms with Gasteiger partial charge < -0.3 is 16.4 Å². The van der Waals surface area contributed by atoms with Crippen molar-refractivity contribution in [1.82, 2.24) is 10.6 Å². The van der Waals surface area contributed by atoms with Crippen molar-refractivity contribution in [2.45, 2.75) is 32.2 Å². The minimum atomic E-state index is -0.362. The Morgan fingerprint density at radius 1 is 1.35 bits per heavy atom. The first kappa shape index (κ1) is 16.3. The highest BCUT2D eigenvalue weighted by molar-refractivity contribution is 6.31. The number of amides is 3. The molecule has 0 aliphatic rings. The molecule has 0 heterocycles. The summed E-state index contributed by atoms with van der Waals surface area (Å²) in [5.41, 5.74) is 6.01. The van der Waals surface area contributed by atoms with E-state index in [0.29, 0.717) is 24.4 Å². The largest absolute Gasteiger partial charge is 0.370 e. The summed E-state index contributed by atoms with van der Waals surface area (Å²) in [7, 11) is 0. The summed E-state index contributed by atoms with van der Waals surface area (Å²) >= 11 is 6.06. The fourth-order valence-electron chi connectivity index (χ4n) is 1.78. The van der Waals surface area contributed by atoms with Crippen molar-refractivity contribution in [3.05, 3.63) is 34.9 Å². The Labute approximate surface area is 123 Å². The first-order valence-electron chi connectivity index (χ1n) is 6.55. The van der Waals surface area contributed by atoms with E-state index in [9.17, 15) is 9.59 Å². The molecule has 0 spiro atoms. The Balaban J connectivity index is 2.28. The van der Waals surface area contributed by atoms with Gasteiger partial charge in [0.05, 0.1) is 0 Å². The first-order valence-corrected chi connectivity index (χ1v) is 6.93. The minimum Gasteiger partial charge on any atom is -0.370 e. The maximum absolute atomic E-state index is 11.6. The fourth-order valence-corrected chi connectivity index (χ4v) is 2.00. The summed E-state index contributed by atoms with van der Waals surface area (Å²) in [5.74, 6) is -0.362. The number of hydrogen-bond acceptors (Lipinski definition) is 2. The van der Waals surface area contributed by atoms with Crippen LogP contribution in [0.2, 0.25) is 5.02 Å². The molecule has 0 saturated carbocycles. The Bertz CT molecular complexity index is 465. The zero-order valence-corrected chi connectivity index (χ0v) is 12.2. The second-order valence-electron chi connectivity index (χ2n) is 4.67. The molecule has 0 saturated heterocycles. The lowest BCUT2D eigenvalue weighted by atomic mass is 10.1. The number of carbonyl (C=O) groups is 2. The van der Waals surface area contributed by atoms with Crippen LogP contribution in [0.3, 0.4) is 0 Å². The molecule has 3 amide bonds. The van der Waals surface area contributed by atoms with Gasteiger partial charge >= 0.3 is 6.03 Å². The van der Waals surface area contributed by atoms with Gasteiger partial charge in [-0.05, 0) is 31.4 Å². The number of rotatable bonds is 7. The molecule has 1 aromatic carbocycles. The molecule has 1 rings (SSSR count). The molecule has 6 heteroatoms. The van der Waals surface area contributed by atoms with Crippen molar-refractivity contribution in [3.63, 3.8) is 0 Å². The molecule has 0 aliphatic carbocycles. The number of benzene rings is 1. The monoisotopic (exact) mass is 297 g/mol. The summed E-state index contributed by atoms with van der Waals surface area (Å²) in [6.07, 6.45) is 1.48. The van der Waals surface area contributed by atoms with Gasteiger partial charge in [-0.3, -0.25) is 4.79 Å². The maximum Gasteiger partial charge on any atom is 0.315 e. The highest BCUT2D eigenvalue weighted by Gasteiger charge is 2.09. The van der Waals surface area contributed by atoms with Gasteiger partial charge in [-0.25, -0.2) is 4.79 Å². The molecule has 0 fully saturated rings. The van der Waals surface area contributed by atoms with Gasteiger partial charge in [-0.15, -0.1) is 0 Å². The average molecular weight is 298 g/mol. The highest BCUT2D eigenvalue weighted by Crippen LogP contribution is 2.16. The Hall–Kier alpha value is -1.75. The van der Waals surface area contributed by atoms with Crippen LogP contribution in [-0.4, -0.2) is 24.5 Å². The molecule has 0 radical (unpaired) electrons. The minimum absolute atomic E-state index is 0.0361. The van der Waals surface area contributed by atoms with Crippen LogP contribution < -0.4 is 16.4 Å². The smallest absolute Gasteiger partial charge is 0.315 e. The van der Waals surface area contributed by atoms with E-state index in [0.717, 1.165) is 5.56 Å². The average Bonchev–Trinajstić information content (AvgIpc) is 2.37. The molecular formula is C14H20ClN3O2. The van der Waals surface area contributed by atoms with Crippen molar-refractivity contribution in [3.8, 4) is 0 Å². The molecule has 0 aromatic heterocycles. The van der Waals surface area contributed by atoms with Crippen molar-refractivity contribution in [1.29, 1.82) is 0 Å². The third-order valence-corrected chi connectivity index (χ3v) is 3.12. The lowest BCUT2D eigenvalue weighted by Gasteiger charge is -2.15. The van der Waals surface area contributed by atoms with Crippen LogP contribution in [-0.2, 0) is 11.2 Å². The zero-order chi connectivity index (χ0) is 15.0. The second kappa shape index (κ2) is 8.43. The summed E-state index contributed by atoms with van der Waals surface area (Å²) in [6.45, 7) is 2.33. The predicted molar refractivity (Wildman–Crippen MR) is 79.6 cm³/mol. The summed E-state index contributed by atoms with van der Waals surface area (Å²) in [4.78, 5) is 22.1. The number of urea groups is 1. The van der Waals surface area contributed by atoms with Gasteiger partial charge in [0.25, 0.3) is 0 Å². The number of hydrogen-bond donors (Lipinski definition) is 3. The Morgan fingerprint density at radius 3 is 2.70 bits per heavy atom. The number of nitrogens with two attached hydrogens (primary N) is 1. The third kappa shape index (κ3) is 6.43. The molecule has 0 bridgehead atoms. The maximum atomic E-state index is 11.6. The number of nitrogens with one attached hydrogen (secondary N) is 2. The Morgan fingerprint density at radius 2 is 2.05 bits per heavy atom. The molecule has 0 unspecified atom stereocenters. The Kier molecular flexibility index (Phi) is 6.87. The molecular weight excluding hydrogens is 278 g/mol. The van der Waals surface area contributed by atoms with Crippen molar-refractivity contribution in [2.75, 3.05) is 6.54 Å². The molecule has 1 atom stereocenters. The zero-order valence-electron chi connectivity index (χ0n) is 11.5. The topological polar surface area (TPSA) is 84.2 Å². The van der Waals surface area contributed by atoms with Gasteiger partial charge in [0, 0.05) is 24.0 Å². The van der Waals surface area contributed by atoms with E-state index in [4.69, 9.17) is 17.3 Å². The lowest BCUT2D eigenvalue weighted by Crippen LogP contribution is -2.42. The van der Waals surface area contributed by atoms with E-state index in [-0.39, 0.29) is 24.4 Å². The van der Waals surface area contributed by atoms with Crippen LogP contribution in [0.15, 0.2) is 24.3 Å². The van der Waals surface area contributed by atoms with Crippen LogP contribution in [0.5, 0.6) is 0 Å². The van der Waals surface area contributed by atoms with Crippen LogP contribution in [0, 0.1) is 0 Å². The number of primary amides is 1. The molecule has 20 heavy (non-hydrogen) atoms. The van der Waals surface area contributed by atoms with Crippen molar-refractivity contribution < 1.29 is 9.59 Å². The predicted octanol–water partition coefficient (Wildman–Crippen LogP) is 1.84. The van der Waals surface area contributed by atoms with E-state index in [2.05, 4.69) is 10.6 Å². The molecule has 1 aromatic rings. The van der Waals surface area contributed by atoms with E-state index in [1.807, 2.05) is 31.2 Å². The van der Waals surface area contributed by atoms with E-state index in [1.165, 1.54) is 0 Å². The fraction of sp³-hybridized carbons (Fsp3) is 0.429. The lowest BCUT2D eigenvalue weighted by molar-refractivity contribution is -0.118. The summed E-state index contributed by atoms with van der Waals surface area (Å²) < 4.78 is 0. The summed E-state index contributed by atoms with van der Waals surface area (Å²) in [5, 5.41) is 6.19. The number of carbonyl (C=O) groups excluding carboxylic acids is 2. The van der Waals surface area contributed by atoms with Crippen molar-refractivity contribution >= 4 is 23.5 Å². The van der Waals surface area contributed by atoms with Gasteiger partial charge in [0.1, 0.15) is 0 Å². The SMILES string of the molecule is C[C@@H](Cc1ccccc1Cl)NC(=O)NCCCC(N)=O. The summed E-state index contributed by atoms with van der Waals surface area (Å²) in [6, 6.07) is 7.26. The van der Waals surface area contributed by atoms with Crippen LogP contribution in [0.4, 0.5) is 4.79 Å². The normalized spacial score (nSPS) is 11.7. The molecule has 0 aliphatic heterocycles. The van der Waals surface area contributed by atoms with Gasteiger partial charge in [0.15, 0.2) is 0 Å². The standard InChI is InChI=1S/C14H20ClN3O2/c1-10(9-11-5-2-3-6-12(11)15)18-14(20)17-8-4-7-13(16)19/h2-3,5-6,10H,4,7-9H2,1H3,(H2,16,19)(H2,17,18,20)/t10-/m0/s1. The second-order valence-corrected chi connectivity index (χ2v) is 5.07. The van der Waals surface area contributed by atoms with Gasteiger partial charge in [0.2, 0.25) is 5.91 Å². The van der Waals surface area contributed by atoms with Crippen LogP contribution >= 0.6 is 11.6 Å². The quantitative estimate of drug-likeness (QED) is 0.671. The third-order valence-electron chi connectivity index (χ3n) is 2.75. The first-order chi connectivity index (χ1) is 9.49. The molecule has 4 N–H and O–H groups in total. The van der Waals surface area contributed by atoms with Gasteiger partial charge in [-0.1, -0.05) is 29.8 Å². The number of halogens is 1.